The summed E-state index contributed by atoms with van der Waals surface area (Å²) in [6.45, 7) is 3.50. The van der Waals surface area contributed by atoms with Gasteiger partial charge in [-0.1, -0.05) is 58.4 Å². The lowest BCUT2D eigenvalue weighted by Gasteiger charge is -2.12. The predicted octanol–water partition coefficient (Wildman–Crippen LogP) is 4.96. The van der Waals surface area contributed by atoms with Gasteiger partial charge in [0.2, 0.25) is 0 Å². The molecule has 0 N–H and O–H groups in total. The second kappa shape index (κ2) is 9.91. The monoisotopic (exact) mass is 546 g/mol. The van der Waals surface area contributed by atoms with E-state index >= 15 is 0 Å². The lowest BCUT2D eigenvalue weighted by molar-refractivity contribution is -0.693. The maximum Gasteiger partial charge on any atom is 0.271 e. The van der Waals surface area contributed by atoms with Crippen molar-refractivity contribution in [3.8, 4) is 0 Å². The lowest BCUT2D eigenvalue weighted by atomic mass is 10.1. The molecule has 0 bridgehead atoms. The summed E-state index contributed by atoms with van der Waals surface area (Å²) in [6, 6.07) is 13.8. The molecule has 0 radical (unpaired) electrons. The quantitative estimate of drug-likeness (QED) is 0.331. The van der Waals surface area contributed by atoms with Crippen molar-refractivity contribution in [2.24, 2.45) is 0 Å². The summed E-state index contributed by atoms with van der Waals surface area (Å²) in [6.07, 6.45) is 5.15. The minimum absolute atomic E-state index is 0.0521. The SMILES string of the molecule is CCn1c(=O)/c(=C2\Sc3cc(Cl)ccc3N2C)s/c1=C\c1scc[n+]1CCc1ccc(Cl)cc1. The Kier molecular flexibility index (Phi) is 6.91. The highest BCUT2D eigenvalue weighted by molar-refractivity contribution is 8.08. The molecule has 5 rings (SSSR count). The molecule has 4 nitrogen and oxygen atoms in total. The predicted molar refractivity (Wildman–Crippen MR) is 146 cm³/mol. The van der Waals surface area contributed by atoms with Crippen LogP contribution in [0.25, 0.3) is 11.1 Å². The Balaban J connectivity index is 1.52. The molecule has 0 saturated heterocycles. The average Bonchev–Trinajstić information content (AvgIpc) is 3.49. The van der Waals surface area contributed by atoms with E-state index in [1.54, 1.807) is 34.4 Å². The highest BCUT2D eigenvalue weighted by Gasteiger charge is 2.25. The third kappa shape index (κ3) is 4.60. The van der Waals surface area contributed by atoms with E-state index < -0.39 is 0 Å². The number of halogens is 2. The molecule has 4 aromatic rings. The van der Waals surface area contributed by atoms with Crippen molar-refractivity contribution in [2.45, 2.75) is 31.3 Å². The summed E-state index contributed by atoms with van der Waals surface area (Å²) in [4.78, 5) is 16.5. The lowest BCUT2D eigenvalue weighted by Crippen LogP contribution is -2.36. The van der Waals surface area contributed by atoms with Crippen molar-refractivity contribution in [1.29, 1.82) is 0 Å². The second-order valence-electron chi connectivity index (χ2n) is 7.85. The van der Waals surface area contributed by atoms with Crippen molar-refractivity contribution < 1.29 is 4.57 Å². The molecule has 0 amide bonds. The number of hydrogen-bond donors (Lipinski definition) is 0. The molecule has 0 atom stereocenters. The van der Waals surface area contributed by atoms with Crippen LogP contribution in [0.3, 0.4) is 0 Å². The van der Waals surface area contributed by atoms with E-state index in [2.05, 4.69) is 39.3 Å². The van der Waals surface area contributed by atoms with Crippen LogP contribution < -0.4 is 24.2 Å². The zero-order chi connectivity index (χ0) is 23.8. The number of thioether (sulfide) groups is 1. The number of hydrogen-bond acceptors (Lipinski definition) is 5. The van der Waals surface area contributed by atoms with Gasteiger partial charge in [0.15, 0.2) is 12.7 Å². The van der Waals surface area contributed by atoms with Gasteiger partial charge < -0.3 is 4.90 Å². The van der Waals surface area contributed by atoms with Gasteiger partial charge in [-0.25, -0.2) is 0 Å². The number of aromatic nitrogens is 2. The van der Waals surface area contributed by atoms with Crippen LogP contribution in [-0.2, 0) is 19.5 Å². The Bertz CT molecular complexity index is 1540. The fourth-order valence-corrected chi connectivity index (χ4v) is 7.66. The largest absolute Gasteiger partial charge is 0.337 e. The van der Waals surface area contributed by atoms with E-state index in [9.17, 15) is 4.79 Å². The molecule has 9 heteroatoms. The van der Waals surface area contributed by atoms with E-state index in [4.69, 9.17) is 23.2 Å². The van der Waals surface area contributed by atoms with Crippen molar-refractivity contribution in [2.75, 3.05) is 11.9 Å². The second-order valence-corrected chi connectivity index (χ2v) is 11.7. The van der Waals surface area contributed by atoms with Gasteiger partial charge in [-0.3, -0.25) is 9.36 Å². The third-order valence-electron chi connectivity index (χ3n) is 5.73. The molecule has 1 aliphatic heterocycles. The summed E-state index contributed by atoms with van der Waals surface area (Å²) in [7, 11) is 2.00. The number of fused-ring (bicyclic) bond motifs is 1. The van der Waals surface area contributed by atoms with Crippen molar-refractivity contribution in [1.82, 2.24) is 4.57 Å². The Morgan fingerprint density at radius 1 is 1.09 bits per heavy atom. The summed E-state index contributed by atoms with van der Waals surface area (Å²) < 4.78 is 5.82. The number of anilines is 1. The molecule has 0 aliphatic carbocycles. The Labute approximate surface area is 220 Å². The van der Waals surface area contributed by atoms with Crippen LogP contribution in [-0.4, -0.2) is 11.6 Å². The summed E-state index contributed by atoms with van der Waals surface area (Å²) in [5.41, 5.74) is 2.37. The number of nitrogens with zero attached hydrogens (tertiary/aromatic N) is 3. The van der Waals surface area contributed by atoms with E-state index in [0.29, 0.717) is 11.6 Å². The fourth-order valence-electron chi connectivity index (χ4n) is 3.92. The van der Waals surface area contributed by atoms with Crippen LogP contribution in [0.5, 0.6) is 0 Å². The Morgan fingerprint density at radius 3 is 2.62 bits per heavy atom. The minimum Gasteiger partial charge on any atom is -0.337 e. The van der Waals surface area contributed by atoms with E-state index in [1.807, 2.05) is 48.9 Å². The maximum absolute atomic E-state index is 13.4. The molecular weight excluding hydrogens is 525 g/mol. The van der Waals surface area contributed by atoms with Gasteiger partial charge in [0, 0.05) is 35.0 Å². The first kappa shape index (κ1) is 23.7. The van der Waals surface area contributed by atoms with Gasteiger partial charge in [-0.05, 0) is 42.8 Å². The van der Waals surface area contributed by atoms with Crippen LogP contribution in [0.1, 0.15) is 17.5 Å². The van der Waals surface area contributed by atoms with E-state index in [1.165, 1.54) is 5.56 Å². The van der Waals surface area contributed by atoms with Gasteiger partial charge >= 0.3 is 0 Å². The van der Waals surface area contributed by atoms with Gasteiger partial charge in [0.1, 0.15) is 14.2 Å². The summed E-state index contributed by atoms with van der Waals surface area (Å²) in [5, 5.41) is 5.62. The van der Waals surface area contributed by atoms with E-state index in [-0.39, 0.29) is 5.56 Å². The fraction of sp³-hybridized carbons (Fsp3) is 0.200. The van der Waals surface area contributed by atoms with Gasteiger partial charge in [-0.2, -0.15) is 4.57 Å². The number of aryl methyl sites for hydroxylation is 2. The van der Waals surface area contributed by atoms with Crippen LogP contribution in [0.4, 0.5) is 5.69 Å². The molecule has 0 spiro atoms. The molecule has 0 unspecified atom stereocenters. The van der Waals surface area contributed by atoms with Crippen molar-refractivity contribution in [3.63, 3.8) is 0 Å². The van der Waals surface area contributed by atoms with Crippen molar-refractivity contribution >= 4 is 74.4 Å². The molecule has 174 valence electrons. The topological polar surface area (TPSA) is 29.1 Å². The Morgan fingerprint density at radius 2 is 1.85 bits per heavy atom. The first-order chi connectivity index (χ1) is 16.4. The molecule has 0 saturated carbocycles. The van der Waals surface area contributed by atoms with E-state index in [0.717, 1.165) is 47.8 Å². The first-order valence-electron chi connectivity index (χ1n) is 10.8. The molecule has 0 fully saturated rings. The molecule has 3 heterocycles. The standard InChI is InChI=1S/C25H22Cl2N3OS3/c1-3-30-22(15-21-29(12-13-32-21)11-10-16-4-6-17(26)7-5-16)34-23(24(30)31)25-28(2)19-9-8-18(27)14-20(19)33-25/h4-9,12-15H,3,10-11H2,1-2H3/q+1/b25-23+. The molecular formula is C25H22Cl2N3OS3+. The smallest absolute Gasteiger partial charge is 0.271 e. The molecule has 2 aromatic heterocycles. The number of benzene rings is 2. The summed E-state index contributed by atoms with van der Waals surface area (Å²) in [5.74, 6) is 0. The number of rotatable bonds is 5. The third-order valence-corrected chi connectivity index (χ3v) is 9.54. The van der Waals surface area contributed by atoms with Crippen molar-refractivity contribution in [3.05, 3.63) is 94.2 Å². The first-order valence-corrected chi connectivity index (χ1v) is 14.1. The van der Waals surface area contributed by atoms with Crippen LogP contribution in [0, 0.1) is 0 Å². The van der Waals surface area contributed by atoms with Gasteiger partial charge in [0.25, 0.3) is 10.6 Å². The average molecular weight is 548 g/mol. The molecule has 2 aromatic carbocycles. The normalized spacial score (nSPS) is 15.3. The maximum atomic E-state index is 13.4. The summed E-state index contributed by atoms with van der Waals surface area (Å²) >= 11 is 17.0. The molecule has 1 aliphatic rings. The zero-order valence-electron chi connectivity index (χ0n) is 18.6. The molecule has 34 heavy (non-hydrogen) atoms. The van der Waals surface area contributed by atoms with Crippen LogP contribution in [0.15, 0.2) is 63.7 Å². The van der Waals surface area contributed by atoms with Gasteiger partial charge in [-0.15, -0.1) is 11.3 Å². The zero-order valence-corrected chi connectivity index (χ0v) is 22.6. The Hall–Kier alpha value is -2.03. The highest BCUT2D eigenvalue weighted by Crippen LogP contribution is 2.46. The van der Waals surface area contributed by atoms with Gasteiger partial charge in [0.05, 0.1) is 17.1 Å². The highest BCUT2D eigenvalue weighted by atomic mass is 35.5. The number of thiazole rings is 2. The van der Waals surface area contributed by atoms with Crippen LogP contribution >= 0.6 is 57.6 Å². The minimum atomic E-state index is 0.0521. The van der Waals surface area contributed by atoms with Crippen LogP contribution in [0.2, 0.25) is 10.0 Å².